The molecule has 7 nitrogen and oxygen atoms in total. The number of amides is 3. The first kappa shape index (κ1) is 19.9. The van der Waals surface area contributed by atoms with Crippen LogP contribution in [0.2, 0.25) is 0 Å². The summed E-state index contributed by atoms with van der Waals surface area (Å²) in [6.07, 6.45) is -4.48. The van der Waals surface area contributed by atoms with Crippen LogP contribution in [0.1, 0.15) is 34.3 Å². The van der Waals surface area contributed by atoms with Gasteiger partial charge in [0.1, 0.15) is 0 Å². The molecule has 0 atom stereocenters. The molecule has 2 N–H and O–H groups in total. The Morgan fingerprint density at radius 1 is 1.03 bits per heavy atom. The number of rotatable bonds is 4. The van der Waals surface area contributed by atoms with E-state index in [1.54, 1.807) is 6.07 Å². The second-order valence-electron chi connectivity index (χ2n) is 6.12. The average Bonchev–Trinajstić information content (AvgIpc) is 3.03. The van der Waals surface area contributed by atoms with Crippen LogP contribution < -0.4 is 15.8 Å². The maximum Gasteiger partial charge on any atom is 0.418 e. The van der Waals surface area contributed by atoms with Gasteiger partial charge in [0.2, 0.25) is 11.8 Å². The summed E-state index contributed by atoms with van der Waals surface area (Å²) in [6.45, 7) is 0. The molecule has 1 aliphatic heterocycles. The van der Waals surface area contributed by atoms with Crippen molar-refractivity contribution in [3.8, 4) is 6.07 Å². The standard InChI is InChI=1S/C19H13F3N4O3/c20-19(21,22)14-9-11(10-23)1-6-15(14)24-25-18(29)12-2-4-13(5-3-12)26-16(27)7-8-17(26)28/h1-6,9,24H,7-8H2,(H,25,29). The molecule has 1 heterocycles. The van der Waals surface area contributed by atoms with E-state index in [4.69, 9.17) is 5.26 Å². The van der Waals surface area contributed by atoms with Crippen molar-refractivity contribution in [3.05, 3.63) is 59.2 Å². The Kier molecular flexibility index (Phi) is 5.23. The molecule has 3 amide bonds. The molecule has 3 rings (SSSR count). The SMILES string of the molecule is N#Cc1ccc(NNC(=O)c2ccc(N3C(=O)CCC3=O)cc2)c(C(F)(F)F)c1. The molecule has 1 saturated heterocycles. The highest BCUT2D eigenvalue weighted by atomic mass is 19.4. The fourth-order valence-corrected chi connectivity index (χ4v) is 2.78. The Morgan fingerprint density at radius 3 is 2.21 bits per heavy atom. The Hall–Kier alpha value is -3.87. The molecular formula is C19H13F3N4O3. The summed E-state index contributed by atoms with van der Waals surface area (Å²) in [6, 6.07) is 10.0. The van der Waals surface area contributed by atoms with E-state index >= 15 is 0 Å². The van der Waals surface area contributed by atoms with E-state index in [1.165, 1.54) is 30.3 Å². The van der Waals surface area contributed by atoms with Crippen LogP contribution >= 0.6 is 0 Å². The van der Waals surface area contributed by atoms with Crippen LogP contribution in [0.25, 0.3) is 0 Å². The molecular weight excluding hydrogens is 389 g/mol. The van der Waals surface area contributed by atoms with Gasteiger partial charge >= 0.3 is 6.18 Å². The fourth-order valence-electron chi connectivity index (χ4n) is 2.78. The van der Waals surface area contributed by atoms with Crippen LogP contribution in [0, 0.1) is 11.3 Å². The number of nitrogens with one attached hydrogen (secondary N) is 2. The fraction of sp³-hybridized carbons (Fsp3) is 0.158. The van der Waals surface area contributed by atoms with Crippen molar-refractivity contribution in [1.29, 1.82) is 5.26 Å². The Morgan fingerprint density at radius 2 is 1.66 bits per heavy atom. The lowest BCUT2D eigenvalue weighted by Gasteiger charge is -2.16. The van der Waals surface area contributed by atoms with Gasteiger partial charge in [-0.05, 0) is 42.5 Å². The molecule has 0 spiro atoms. The first-order valence-electron chi connectivity index (χ1n) is 8.34. The number of carbonyl (C=O) groups excluding carboxylic acids is 3. The average molecular weight is 402 g/mol. The number of anilines is 2. The van der Waals surface area contributed by atoms with Gasteiger partial charge in [0.15, 0.2) is 0 Å². The van der Waals surface area contributed by atoms with Gasteiger partial charge in [0, 0.05) is 18.4 Å². The normalized spacial score (nSPS) is 13.9. The Labute approximate surface area is 162 Å². The molecule has 10 heteroatoms. The van der Waals surface area contributed by atoms with Crippen LogP contribution in [0.15, 0.2) is 42.5 Å². The van der Waals surface area contributed by atoms with Crippen LogP contribution in [0.4, 0.5) is 24.5 Å². The van der Waals surface area contributed by atoms with Crippen molar-refractivity contribution in [2.24, 2.45) is 0 Å². The summed E-state index contributed by atoms with van der Waals surface area (Å²) < 4.78 is 39.4. The van der Waals surface area contributed by atoms with Crippen molar-refractivity contribution in [3.63, 3.8) is 0 Å². The zero-order valence-electron chi connectivity index (χ0n) is 14.7. The van der Waals surface area contributed by atoms with E-state index in [0.717, 1.165) is 11.0 Å². The topological polar surface area (TPSA) is 102 Å². The summed E-state index contributed by atoms with van der Waals surface area (Å²) in [5.41, 5.74) is 3.08. The predicted molar refractivity (Wildman–Crippen MR) is 95.4 cm³/mol. The Balaban J connectivity index is 1.73. The third kappa shape index (κ3) is 4.19. The summed E-state index contributed by atoms with van der Waals surface area (Å²) in [5, 5.41) is 8.77. The van der Waals surface area contributed by atoms with Crippen LogP contribution in [-0.4, -0.2) is 17.7 Å². The predicted octanol–water partition coefficient (Wildman–Crippen LogP) is 2.99. The zero-order valence-corrected chi connectivity index (χ0v) is 14.7. The highest BCUT2D eigenvalue weighted by molar-refractivity contribution is 6.19. The highest BCUT2D eigenvalue weighted by Gasteiger charge is 2.34. The number of alkyl halides is 3. The van der Waals surface area contributed by atoms with Gasteiger partial charge in [-0.15, -0.1) is 0 Å². The quantitative estimate of drug-likeness (QED) is 0.605. The zero-order chi connectivity index (χ0) is 21.2. The number of hydrazine groups is 1. The van der Waals surface area contributed by atoms with Crippen LogP contribution in [0.3, 0.4) is 0 Å². The lowest BCUT2D eigenvalue weighted by Crippen LogP contribution is -2.31. The number of benzene rings is 2. The molecule has 1 aliphatic rings. The number of nitrogens with zero attached hydrogens (tertiary/aromatic N) is 2. The lowest BCUT2D eigenvalue weighted by atomic mass is 10.1. The molecule has 2 aromatic carbocycles. The molecule has 0 aromatic heterocycles. The smallest absolute Gasteiger partial charge is 0.298 e. The molecule has 0 aliphatic carbocycles. The highest BCUT2D eigenvalue weighted by Crippen LogP contribution is 2.35. The maximum atomic E-state index is 13.1. The van der Waals surface area contributed by atoms with Crippen molar-refractivity contribution in [2.45, 2.75) is 19.0 Å². The van der Waals surface area contributed by atoms with Crippen molar-refractivity contribution in [2.75, 3.05) is 10.3 Å². The van der Waals surface area contributed by atoms with Crippen molar-refractivity contribution < 1.29 is 27.6 Å². The van der Waals surface area contributed by atoms with Gasteiger partial charge in [-0.1, -0.05) is 0 Å². The molecule has 0 unspecified atom stereocenters. The summed E-state index contributed by atoms with van der Waals surface area (Å²) >= 11 is 0. The van der Waals surface area contributed by atoms with E-state index in [-0.39, 0.29) is 35.8 Å². The van der Waals surface area contributed by atoms with E-state index in [2.05, 4.69) is 10.9 Å². The number of hydrogen-bond acceptors (Lipinski definition) is 5. The van der Waals surface area contributed by atoms with Gasteiger partial charge in [-0.25, -0.2) is 0 Å². The number of nitriles is 1. The van der Waals surface area contributed by atoms with E-state index in [9.17, 15) is 27.6 Å². The monoisotopic (exact) mass is 402 g/mol. The van der Waals surface area contributed by atoms with E-state index in [0.29, 0.717) is 11.8 Å². The molecule has 0 bridgehead atoms. The van der Waals surface area contributed by atoms with Crippen molar-refractivity contribution >= 4 is 29.1 Å². The van der Waals surface area contributed by atoms with E-state index < -0.39 is 23.3 Å². The first-order valence-corrected chi connectivity index (χ1v) is 8.34. The summed E-state index contributed by atoms with van der Waals surface area (Å²) in [5.74, 6) is -1.41. The lowest BCUT2D eigenvalue weighted by molar-refractivity contribution is -0.137. The second-order valence-corrected chi connectivity index (χ2v) is 6.12. The minimum Gasteiger partial charge on any atom is -0.298 e. The second kappa shape index (κ2) is 7.63. The van der Waals surface area contributed by atoms with Gasteiger partial charge in [0.05, 0.1) is 28.6 Å². The van der Waals surface area contributed by atoms with Gasteiger partial charge in [0.25, 0.3) is 5.91 Å². The summed E-state index contributed by atoms with van der Waals surface area (Å²) in [4.78, 5) is 36.7. The number of imide groups is 1. The van der Waals surface area contributed by atoms with Gasteiger partial charge in [-0.2, -0.15) is 18.4 Å². The molecule has 29 heavy (non-hydrogen) atoms. The molecule has 2 aromatic rings. The minimum absolute atomic E-state index is 0.0996. The molecule has 0 radical (unpaired) electrons. The third-order valence-electron chi connectivity index (χ3n) is 4.20. The van der Waals surface area contributed by atoms with Crippen LogP contribution in [-0.2, 0) is 15.8 Å². The largest absolute Gasteiger partial charge is 0.418 e. The van der Waals surface area contributed by atoms with Crippen LogP contribution in [0.5, 0.6) is 0 Å². The molecule has 0 saturated carbocycles. The molecule has 148 valence electrons. The van der Waals surface area contributed by atoms with Gasteiger partial charge < -0.3 is 0 Å². The number of hydrogen-bond donors (Lipinski definition) is 2. The minimum atomic E-state index is -4.73. The number of carbonyl (C=O) groups is 3. The first-order chi connectivity index (χ1) is 13.7. The molecule has 1 fully saturated rings. The third-order valence-corrected chi connectivity index (χ3v) is 4.20. The summed E-state index contributed by atoms with van der Waals surface area (Å²) in [7, 11) is 0. The van der Waals surface area contributed by atoms with E-state index in [1.807, 2.05) is 0 Å². The number of halogens is 3. The van der Waals surface area contributed by atoms with Gasteiger partial charge in [-0.3, -0.25) is 30.1 Å². The van der Waals surface area contributed by atoms with Crippen molar-refractivity contribution in [1.82, 2.24) is 5.43 Å². The maximum absolute atomic E-state index is 13.1. The Bertz CT molecular complexity index is 1010.